The number of aliphatic hydroxyl groups is 1. The lowest BCUT2D eigenvalue weighted by molar-refractivity contribution is -0.124. The molecule has 0 saturated carbocycles. The minimum absolute atomic E-state index is 0.0243. The van der Waals surface area contributed by atoms with E-state index in [-0.39, 0.29) is 11.9 Å². The second kappa shape index (κ2) is 7.24. The number of carbonyl (C=O) groups is 1. The van der Waals surface area contributed by atoms with Gasteiger partial charge in [-0.15, -0.1) is 0 Å². The molecule has 0 bridgehead atoms. The minimum atomic E-state index is -0.515. The molecule has 6 heteroatoms. The van der Waals surface area contributed by atoms with Gasteiger partial charge in [-0.2, -0.15) is 0 Å². The smallest absolute Gasteiger partial charge is 0.245 e. The van der Waals surface area contributed by atoms with Gasteiger partial charge in [0.15, 0.2) is 0 Å². The van der Waals surface area contributed by atoms with Crippen LogP contribution in [0.15, 0.2) is 22.7 Å². The Kier molecular flexibility index (Phi) is 5.61. The molecule has 116 valence electrons. The number of aliphatic hydroxyl groups excluding tert-OH is 1. The SMILES string of the molecule is CCNC(=O)C1COCCN1c1ccc(C(C)O)cc1Br. The Morgan fingerprint density at radius 3 is 3.00 bits per heavy atom. The second-order valence-corrected chi connectivity index (χ2v) is 5.92. The average molecular weight is 357 g/mol. The number of morpholine rings is 1. The topological polar surface area (TPSA) is 61.8 Å². The number of anilines is 1. The third-order valence-corrected chi connectivity index (χ3v) is 4.18. The number of benzene rings is 1. The van der Waals surface area contributed by atoms with E-state index < -0.39 is 6.10 Å². The van der Waals surface area contributed by atoms with E-state index >= 15 is 0 Å². The van der Waals surface area contributed by atoms with E-state index in [1.54, 1.807) is 6.92 Å². The predicted octanol–water partition coefficient (Wildman–Crippen LogP) is 1.84. The molecule has 2 rings (SSSR count). The number of nitrogens with one attached hydrogen (secondary N) is 1. The van der Waals surface area contributed by atoms with Crippen LogP contribution < -0.4 is 10.2 Å². The summed E-state index contributed by atoms with van der Waals surface area (Å²) in [5, 5.41) is 12.5. The molecule has 21 heavy (non-hydrogen) atoms. The zero-order chi connectivity index (χ0) is 15.4. The lowest BCUT2D eigenvalue weighted by Crippen LogP contribution is -2.54. The molecule has 1 amide bonds. The fourth-order valence-corrected chi connectivity index (χ4v) is 3.04. The number of amides is 1. The van der Waals surface area contributed by atoms with Crippen LogP contribution in [0.5, 0.6) is 0 Å². The molecule has 0 spiro atoms. The summed E-state index contributed by atoms with van der Waals surface area (Å²) in [5.74, 6) is -0.0243. The number of likely N-dealkylation sites (N-methyl/N-ethyl adjacent to an activating group) is 1. The van der Waals surface area contributed by atoms with E-state index in [1.165, 1.54) is 0 Å². The van der Waals surface area contributed by atoms with E-state index in [1.807, 2.05) is 30.0 Å². The fraction of sp³-hybridized carbons (Fsp3) is 0.533. The number of halogens is 1. The van der Waals surface area contributed by atoms with Crippen molar-refractivity contribution < 1.29 is 14.6 Å². The minimum Gasteiger partial charge on any atom is -0.389 e. The molecule has 2 atom stereocenters. The number of rotatable bonds is 4. The highest BCUT2D eigenvalue weighted by atomic mass is 79.9. The van der Waals surface area contributed by atoms with Gasteiger partial charge in [-0.3, -0.25) is 4.79 Å². The third-order valence-electron chi connectivity index (χ3n) is 3.55. The number of hydrogen-bond acceptors (Lipinski definition) is 4. The first kappa shape index (κ1) is 16.3. The number of carbonyl (C=O) groups excluding carboxylic acids is 1. The first-order valence-electron chi connectivity index (χ1n) is 7.14. The monoisotopic (exact) mass is 356 g/mol. The molecule has 1 aliphatic heterocycles. The van der Waals surface area contributed by atoms with Gasteiger partial charge in [0.05, 0.1) is 25.0 Å². The Bertz CT molecular complexity index is 508. The molecule has 2 unspecified atom stereocenters. The van der Waals surface area contributed by atoms with Gasteiger partial charge in [0.25, 0.3) is 0 Å². The summed E-state index contributed by atoms with van der Waals surface area (Å²) in [6.07, 6.45) is -0.515. The van der Waals surface area contributed by atoms with Crippen LogP contribution in [0.2, 0.25) is 0 Å². The maximum Gasteiger partial charge on any atom is 0.245 e. The summed E-state index contributed by atoms with van der Waals surface area (Å²) in [7, 11) is 0. The Hall–Kier alpha value is -1.11. The highest BCUT2D eigenvalue weighted by Crippen LogP contribution is 2.31. The molecule has 0 aliphatic carbocycles. The molecule has 1 aliphatic rings. The van der Waals surface area contributed by atoms with Crippen LogP contribution >= 0.6 is 15.9 Å². The lowest BCUT2D eigenvalue weighted by atomic mass is 10.1. The van der Waals surface area contributed by atoms with Crippen molar-refractivity contribution in [3.63, 3.8) is 0 Å². The van der Waals surface area contributed by atoms with Crippen molar-refractivity contribution in [1.29, 1.82) is 0 Å². The molecule has 2 N–H and O–H groups in total. The number of nitrogens with zero attached hydrogens (tertiary/aromatic N) is 1. The molecule has 1 saturated heterocycles. The van der Waals surface area contributed by atoms with E-state index in [0.717, 1.165) is 15.7 Å². The Labute approximate surface area is 133 Å². The Morgan fingerprint density at radius 2 is 2.38 bits per heavy atom. The zero-order valence-electron chi connectivity index (χ0n) is 12.3. The van der Waals surface area contributed by atoms with Crippen LogP contribution in [0.1, 0.15) is 25.5 Å². The van der Waals surface area contributed by atoms with Crippen LogP contribution in [-0.2, 0) is 9.53 Å². The van der Waals surface area contributed by atoms with Gasteiger partial charge in [0.2, 0.25) is 5.91 Å². The van der Waals surface area contributed by atoms with Gasteiger partial charge < -0.3 is 20.1 Å². The molecule has 1 heterocycles. The molecule has 5 nitrogen and oxygen atoms in total. The first-order valence-corrected chi connectivity index (χ1v) is 7.93. The molecule has 1 aromatic rings. The van der Waals surface area contributed by atoms with Crippen molar-refractivity contribution >= 4 is 27.5 Å². The molecular formula is C15H21BrN2O3. The van der Waals surface area contributed by atoms with E-state index in [0.29, 0.717) is 26.3 Å². The zero-order valence-corrected chi connectivity index (χ0v) is 13.9. The highest BCUT2D eigenvalue weighted by Gasteiger charge is 2.30. The summed E-state index contributed by atoms with van der Waals surface area (Å²) >= 11 is 3.54. The fourth-order valence-electron chi connectivity index (χ4n) is 2.42. The van der Waals surface area contributed by atoms with Gasteiger partial charge in [-0.1, -0.05) is 6.07 Å². The van der Waals surface area contributed by atoms with Gasteiger partial charge >= 0.3 is 0 Å². The van der Waals surface area contributed by atoms with Crippen LogP contribution in [0.3, 0.4) is 0 Å². The molecular weight excluding hydrogens is 336 g/mol. The van der Waals surface area contributed by atoms with Crippen LogP contribution in [0.4, 0.5) is 5.69 Å². The summed E-state index contributed by atoms with van der Waals surface area (Å²) in [6.45, 7) is 5.88. The van der Waals surface area contributed by atoms with Gasteiger partial charge in [0, 0.05) is 17.6 Å². The van der Waals surface area contributed by atoms with Crippen LogP contribution in [-0.4, -0.2) is 43.4 Å². The van der Waals surface area contributed by atoms with Crippen molar-refractivity contribution in [2.45, 2.75) is 26.0 Å². The van der Waals surface area contributed by atoms with Crippen molar-refractivity contribution in [3.05, 3.63) is 28.2 Å². The highest BCUT2D eigenvalue weighted by molar-refractivity contribution is 9.10. The van der Waals surface area contributed by atoms with E-state index in [4.69, 9.17) is 4.74 Å². The molecule has 0 aromatic heterocycles. The van der Waals surface area contributed by atoms with Crippen LogP contribution in [0.25, 0.3) is 0 Å². The molecule has 0 radical (unpaired) electrons. The second-order valence-electron chi connectivity index (χ2n) is 5.07. The normalized spacial score (nSPS) is 20.2. The van der Waals surface area contributed by atoms with Gasteiger partial charge in [-0.05, 0) is 47.5 Å². The standard InChI is InChI=1S/C15H21BrN2O3/c1-3-17-15(20)14-9-21-7-6-18(14)13-5-4-11(10(2)19)8-12(13)16/h4-5,8,10,14,19H,3,6-7,9H2,1-2H3,(H,17,20). The van der Waals surface area contributed by atoms with Gasteiger partial charge in [0.1, 0.15) is 6.04 Å². The van der Waals surface area contributed by atoms with E-state index in [9.17, 15) is 9.90 Å². The average Bonchev–Trinajstić information content (AvgIpc) is 2.47. The largest absolute Gasteiger partial charge is 0.389 e. The maximum absolute atomic E-state index is 12.2. The summed E-state index contributed by atoms with van der Waals surface area (Å²) in [5.41, 5.74) is 1.78. The Balaban J connectivity index is 2.27. The lowest BCUT2D eigenvalue weighted by Gasteiger charge is -2.37. The quantitative estimate of drug-likeness (QED) is 0.863. The summed E-state index contributed by atoms with van der Waals surface area (Å²) in [4.78, 5) is 14.2. The van der Waals surface area contributed by atoms with Crippen LogP contribution in [0, 0.1) is 0 Å². The van der Waals surface area contributed by atoms with Crippen molar-refractivity contribution in [3.8, 4) is 0 Å². The summed E-state index contributed by atoms with van der Waals surface area (Å²) in [6, 6.07) is 5.38. The van der Waals surface area contributed by atoms with Crippen molar-refractivity contribution in [1.82, 2.24) is 5.32 Å². The first-order chi connectivity index (χ1) is 10.0. The molecule has 1 fully saturated rings. The van der Waals surface area contributed by atoms with Crippen molar-refractivity contribution in [2.24, 2.45) is 0 Å². The van der Waals surface area contributed by atoms with Crippen molar-refractivity contribution in [2.75, 3.05) is 31.2 Å². The number of hydrogen-bond donors (Lipinski definition) is 2. The molecule has 1 aromatic carbocycles. The number of ether oxygens (including phenoxy) is 1. The maximum atomic E-state index is 12.2. The van der Waals surface area contributed by atoms with E-state index in [2.05, 4.69) is 21.2 Å². The Morgan fingerprint density at radius 1 is 1.62 bits per heavy atom. The third kappa shape index (κ3) is 3.75. The predicted molar refractivity (Wildman–Crippen MR) is 85.4 cm³/mol. The summed E-state index contributed by atoms with van der Waals surface area (Å²) < 4.78 is 6.32. The van der Waals surface area contributed by atoms with Gasteiger partial charge in [-0.25, -0.2) is 0 Å².